The van der Waals surface area contributed by atoms with E-state index in [0.717, 1.165) is 19.3 Å². The van der Waals surface area contributed by atoms with Gasteiger partial charge in [-0.3, -0.25) is 4.79 Å². The van der Waals surface area contributed by atoms with Crippen LogP contribution in [0.3, 0.4) is 0 Å². The van der Waals surface area contributed by atoms with E-state index in [0.29, 0.717) is 0 Å². The van der Waals surface area contributed by atoms with Crippen LogP contribution in [-0.4, -0.2) is 11.9 Å². The van der Waals surface area contributed by atoms with Crippen LogP contribution in [0.2, 0.25) is 0 Å². The Bertz CT molecular complexity index is 334. The van der Waals surface area contributed by atoms with Gasteiger partial charge in [0.25, 0.3) is 0 Å². The van der Waals surface area contributed by atoms with Crippen LogP contribution in [-0.2, 0) is 11.2 Å². The molecule has 0 saturated carbocycles. The van der Waals surface area contributed by atoms with E-state index >= 15 is 0 Å². The SMILES string of the molecule is CC[C@H](C)NC(=O)[C@@H](C)CCc1ccccc1. The van der Waals surface area contributed by atoms with Crippen molar-refractivity contribution in [2.75, 3.05) is 0 Å². The second kappa shape index (κ2) is 7.10. The van der Waals surface area contributed by atoms with E-state index in [2.05, 4.69) is 24.4 Å². The Hall–Kier alpha value is -1.31. The molecule has 2 nitrogen and oxygen atoms in total. The summed E-state index contributed by atoms with van der Waals surface area (Å²) in [6.07, 6.45) is 2.86. The summed E-state index contributed by atoms with van der Waals surface area (Å²) < 4.78 is 0. The lowest BCUT2D eigenvalue weighted by Gasteiger charge is -2.16. The highest BCUT2D eigenvalue weighted by molar-refractivity contribution is 5.78. The van der Waals surface area contributed by atoms with Crippen molar-refractivity contribution in [3.8, 4) is 0 Å². The van der Waals surface area contributed by atoms with Crippen LogP contribution in [0, 0.1) is 5.92 Å². The van der Waals surface area contributed by atoms with Crippen molar-refractivity contribution in [3.05, 3.63) is 35.9 Å². The van der Waals surface area contributed by atoms with Gasteiger partial charge in [0.2, 0.25) is 5.91 Å². The highest BCUT2D eigenvalue weighted by Gasteiger charge is 2.14. The lowest BCUT2D eigenvalue weighted by molar-refractivity contribution is -0.125. The topological polar surface area (TPSA) is 29.1 Å². The number of nitrogens with one attached hydrogen (secondary N) is 1. The molecule has 0 saturated heterocycles. The summed E-state index contributed by atoms with van der Waals surface area (Å²) in [6, 6.07) is 10.6. The number of aryl methyl sites for hydroxylation is 1. The third-order valence-electron chi connectivity index (χ3n) is 3.16. The maximum atomic E-state index is 11.8. The first-order chi connectivity index (χ1) is 8.13. The number of rotatable bonds is 6. The molecule has 0 aromatic heterocycles. The number of hydrogen-bond acceptors (Lipinski definition) is 1. The van der Waals surface area contributed by atoms with Crippen LogP contribution in [0.25, 0.3) is 0 Å². The molecule has 0 fully saturated rings. The van der Waals surface area contributed by atoms with Gasteiger partial charge in [-0.1, -0.05) is 44.2 Å². The fraction of sp³-hybridized carbons (Fsp3) is 0.533. The number of amides is 1. The summed E-state index contributed by atoms with van der Waals surface area (Å²) >= 11 is 0. The van der Waals surface area contributed by atoms with Crippen LogP contribution < -0.4 is 5.32 Å². The Morgan fingerprint density at radius 3 is 2.47 bits per heavy atom. The van der Waals surface area contributed by atoms with Gasteiger partial charge in [0.1, 0.15) is 0 Å². The summed E-state index contributed by atoms with van der Waals surface area (Å²) in [7, 11) is 0. The molecule has 1 rings (SSSR count). The minimum Gasteiger partial charge on any atom is -0.353 e. The van der Waals surface area contributed by atoms with Crippen LogP contribution in [0.5, 0.6) is 0 Å². The Morgan fingerprint density at radius 2 is 1.88 bits per heavy atom. The molecule has 17 heavy (non-hydrogen) atoms. The van der Waals surface area contributed by atoms with E-state index in [9.17, 15) is 4.79 Å². The van der Waals surface area contributed by atoms with Crippen LogP contribution in [0.1, 0.15) is 39.2 Å². The van der Waals surface area contributed by atoms with Crippen molar-refractivity contribution in [3.63, 3.8) is 0 Å². The highest BCUT2D eigenvalue weighted by Crippen LogP contribution is 2.10. The molecule has 1 aromatic carbocycles. The lowest BCUT2D eigenvalue weighted by atomic mass is 10.00. The Labute approximate surface area is 104 Å². The molecule has 0 heterocycles. The summed E-state index contributed by atoms with van der Waals surface area (Å²) in [4.78, 5) is 11.8. The molecule has 2 heteroatoms. The summed E-state index contributed by atoms with van der Waals surface area (Å²) in [6.45, 7) is 6.13. The molecule has 1 aromatic rings. The highest BCUT2D eigenvalue weighted by atomic mass is 16.1. The van der Waals surface area contributed by atoms with E-state index in [1.807, 2.05) is 32.0 Å². The standard InChI is InChI=1S/C15H23NO/c1-4-13(3)16-15(17)12(2)10-11-14-8-6-5-7-9-14/h5-9,12-13H,4,10-11H2,1-3H3,(H,16,17)/t12-,13-/m0/s1. The van der Waals surface area contributed by atoms with Crippen LogP contribution in [0.4, 0.5) is 0 Å². The molecule has 1 N–H and O–H groups in total. The van der Waals surface area contributed by atoms with E-state index < -0.39 is 0 Å². The van der Waals surface area contributed by atoms with Gasteiger partial charge in [0.15, 0.2) is 0 Å². The van der Waals surface area contributed by atoms with E-state index in [4.69, 9.17) is 0 Å². The normalized spacial score (nSPS) is 14.1. The predicted octanol–water partition coefficient (Wildman–Crippen LogP) is 3.17. The maximum Gasteiger partial charge on any atom is 0.223 e. The second-order valence-electron chi connectivity index (χ2n) is 4.74. The summed E-state index contributed by atoms with van der Waals surface area (Å²) in [5, 5.41) is 3.03. The Kier molecular flexibility index (Phi) is 5.75. The van der Waals surface area contributed by atoms with Crippen molar-refractivity contribution < 1.29 is 4.79 Å². The fourth-order valence-corrected chi connectivity index (χ4v) is 1.65. The molecule has 1 amide bonds. The zero-order valence-corrected chi connectivity index (χ0v) is 11.1. The molecule has 0 aliphatic heterocycles. The van der Waals surface area contributed by atoms with Crippen LogP contribution in [0.15, 0.2) is 30.3 Å². The van der Waals surface area contributed by atoms with Gasteiger partial charge in [-0.2, -0.15) is 0 Å². The first-order valence-electron chi connectivity index (χ1n) is 6.47. The van der Waals surface area contributed by atoms with E-state index in [1.165, 1.54) is 5.56 Å². The molecular weight excluding hydrogens is 210 g/mol. The molecule has 0 bridgehead atoms. The number of carbonyl (C=O) groups excluding carboxylic acids is 1. The van der Waals surface area contributed by atoms with Gasteiger partial charge < -0.3 is 5.32 Å². The fourth-order valence-electron chi connectivity index (χ4n) is 1.65. The van der Waals surface area contributed by atoms with Crippen molar-refractivity contribution in [1.82, 2.24) is 5.32 Å². The second-order valence-corrected chi connectivity index (χ2v) is 4.74. The summed E-state index contributed by atoms with van der Waals surface area (Å²) in [5.74, 6) is 0.263. The van der Waals surface area contributed by atoms with Crippen molar-refractivity contribution in [1.29, 1.82) is 0 Å². The molecule has 0 aliphatic rings. The van der Waals surface area contributed by atoms with Gasteiger partial charge >= 0.3 is 0 Å². The minimum atomic E-state index is 0.0872. The Morgan fingerprint density at radius 1 is 1.24 bits per heavy atom. The molecule has 0 unspecified atom stereocenters. The monoisotopic (exact) mass is 233 g/mol. The molecule has 0 radical (unpaired) electrons. The van der Waals surface area contributed by atoms with E-state index in [-0.39, 0.29) is 17.9 Å². The average molecular weight is 233 g/mol. The smallest absolute Gasteiger partial charge is 0.223 e. The number of hydrogen-bond donors (Lipinski definition) is 1. The zero-order valence-electron chi connectivity index (χ0n) is 11.1. The van der Waals surface area contributed by atoms with Gasteiger partial charge in [0.05, 0.1) is 0 Å². The molecular formula is C15H23NO. The third-order valence-corrected chi connectivity index (χ3v) is 3.16. The van der Waals surface area contributed by atoms with Crippen molar-refractivity contribution in [2.24, 2.45) is 5.92 Å². The first kappa shape index (κ1) is 13.8. The Balaban J connectivity index is 2.34. The van der Waals surface area contributed by atoms with Gasteiger partial charge in [-0.15, -0.1) is 0 Å². The van der Waals surface area contributed by atoms with Crippen molar-refractivity contribution in [2.45, 2.75) is 46.1 Å². The molecule has 0 aliphatic carbocycles. The molecule has 0 spiro atoms. The quantitative estimate of drug-likeness (QED) is 0.803. The van der Waals surface area contributed by atoms with Crippen LogP contribution >= 0.6 is 0 Å². The average Bonchev–Trinajstić information content (AvgIpc) is 2.36. The lowest BCUT2D eigenvalue weighted by Crippen LogP contribution is -2.36. The van der Waals surface area contributed by atoms with Gasteiger partial charge in [-0.05, 0) is 31.7 Å². The van der Waals surface area contributed by atoms with E-state index in [1.54, 1.807) is 0 Å². The largest absolute Gasteiger partial charge is 0.353 e. The number of carbonyl (C=O) groups is 1. The zero-order chi connectivity index (χ0) is 12.7. The molecule has 2 atom stereocenters. The first-order valence-corrected chi connectivity index (χ1v) is 6.47. The third kappa shape index (κ3) is 5.03. The minimum absolute atomic E-state index is 0.0872. The maximum absolute atomic E-state index is 11.8. The van der Waals surface area contributed by atoms with Crippen molar-refractivity contribution >= 4 is 5.91 Å². The predicted molar refractivity (Wildman–Crippen MR) is 71.8 cm³/mol. The van der Waals surface area contributed by atoms with Gasteiger partial charge in [0, 0.05) is 12.0 Å². The molecule has 94 valence electrons. The number of benzene rings is 1. The van der Waals surface area contributed by atoms with Gasteiger partial charge in [-0.25, -0.2) is 0 Å². The summed E-state index contributed by atoms with van der Waals surface area (Å²) in [5.41, 5.74) is 1.30.